The largest absolute Gasteiger partial charge is 0.493 e. The van der Waals surface area contributed by atoms with Crippen LogP contribution in [0.3, 0.4) is 0 Å². The maximum Gasteiger partial charge on any atom is 0.223 e. The fraction of sp³-hybridized carbons (Fsp3) is 0.300. The van der Waals surface area contributed by atoms with Crippen molar-refractivity contribution in [1.29, 1.82) is 0 Å². The Bertz CT molecular complexity index is 836. The Labute approximate surface area is 153 Å². The topological polar surface area (TPSA) is 60.4 Å². The van der Waals surface area contributed by atoms with E-state index >= 15 is 0 Å². The van der Waals surface area contributed by atoms with Crippen LogP contribution < -0.4 is 19.1 Å². The van der Waals surface area contributed by atoms with Gasteiger partial charge in [0, 0.05) is 30.9 Å². The number of hydrogen-bond acceptors (Lipinski definition) is 5. The molecule has 0 aliphatic carbocycles. The number of hydrogen-bond donors (Lipinski definition) is 0. The van der Waals surface area contributed by atoms with Gasteiger partial charge in [0.1, 0.15) is 0 Å². The number of nitrogens with zero attached hydrogens (tertiary/aromatic N) is 2. The molecule has 0 spiro atoms. The highest BCUT2D eigenvalue weighted by molar-refractivity contribution is 5.94. The van der Waals surface area contributed by atoms with E-state index in [-0.39, 0.29) is 5.91 Å². The van der Waals surface area contributed by atoms with E-state index in [1.54, 1.807) is 39.4 Å². The van der Waals surface area contributed by atoms with Crippen molar-refractivity contribution in [2.75, 3.05) is 32.8 Å². The summed E-state index contributed by atoms with van der Waals surface area (Å²) in [6, 6.07) is 9.57. The second kappa shape index (κ2) is 7.47. The fourth-order valence-corrected chi connectivity index (χ4v) is 3.12. The maximum atomic E-state index is 11.6. The van der Waals surface area contributed by atoms with E-state index in [1.165, 1.54) is 0 Å². The molecule has 1 aliphatic heterocycles. The van der Waals surface area contributed by atoms with Gasteiger partial charge in [-0.3, -0.25) is 9.79 Å². The predicted octanol–water partition coefficient (Wildman–Crippen LogP) is 3.37. The Balaban J connectivity index is 1.88. The Morgan fingerprint density at radius 1 is 1.08 bits per heavy atom. The number of rotatable bonds is 5. The summed E-state index contributed by atoms with van der Waals surface area (Å²) >= 11 is 0. The Morgan fingerprint density at radius 3 is 2.35 bits per heavy atom. The summed E-state index contributed by atoms with van der Waals surface area (Å²) in [5.74, 6) is 1.78. The average Bonchev–Trinajstić information content (AvgIpc) is 3.08. The van der Waals surface area contributed by atoms with Crippen LogP contribution in [0.15, 0.2) is 35.3 Å². The summed E-state index contributed by atoms with van der Waals surface area (Å²) in [5, 5.41) is 0. The first-order valence-electron chi connectivity index (χ1n) is 8.32. The van der Waals surface area contributed by atoms with Crippen molar-refractivity contribution in [2.24, 2.45) is 4.99 Å². The van der Waals surface area contributed by atoms with Gasteiger partial charge in [-0.05, 0) is 42.3 Å². The zero-order valence-corrected chi connectivity index (χ0v) is 15.4. The van der Waals surface area contributed by atoms with Crippen LogP contribution in [0, 0.1) is 0 Å². The van der Waals surface area contributed by atoms with Gasteiger partial charge in [0.05, 0.1) is 27.0 Å². The van der Waals surface area contributed by atoms with Gasteiger partial charge < -0.3 is 19.1 Å². The molecule has 136 valence electrons. The molecule has 1 aliphatic rings. The Hall–Kier alpha value is -3.02. The minimum Gasteiger partial charge on any atom is -0.493 e. The van der Waals surface area contributed by atoms with Crippen LogP contribution >= 0.6 is 0 Å². The minimum atomic E-state index is 0.0671. The van der Waals surface area contributed by atoms with Gasteiger partial charge in [-0.25, -0.2) is 0 Å². The lowest BCUT2D eigenvalue weighted by Crippen LogP contribution is -2.25. The molecule has 0 bridgehead atoms. The summed E-state index contributed by atoms with van der Waals surface area (Å²) in [6.07, 6.45) is 2.60. The molecule has 6 heteroatoms. The molecule has 0 saturated carbocycles. The molecule has 0 radical (unpaired) electrons. The van der Waals surface area contributed by atoms with E-state index in [0.717, 1.165) is 35.5 Å². The van der Waals surface area contributed by atoms with Crippen LogP contribution in [0.2, 0.25) is 0 Å². The van der Waals surface area contributed by atoms with E-state index in [2.05, 4.69) is 4.99 Å². The summed E-state index contributed by atoms with van der Waals surface area (Å²) in [4.78, 5) is 18.0. The number of carbonyl (C=O) groups excluding carboxylic acids is 1. The first-order valence-corrected chi connectivity index (χ1v) is 8.32. The van der Waals surface area contributed by atoms with Crippen LogP contribution in [0.25, 0.3) is 0 Å². The van der Waals surface area contributed by atoms with Crippen molar-refractivity contribution in [1.82, 2.24) is 0 Å². The molecule has 26 heavy (non-hydrogen) atoms. The molecule has 0 N–H and O–H groups in total. The summed E-state index contributed by atoms with van der Waals surface area (Å²) < 4.78 is 16.1. The zero-order valence-electron chi connectivity index (χ0n) is 15.4. The van der Waals surface area contributed by atoms with Crippen molar-refractivity contribution >= 4 is 23.5 Å². The Morgan fingerprint density at radius 2 is 1.77 bits per heavy atom. The van der Waals surface area contributed by atoms with E-state index in [4.69, 9.17) is 14.2 Å². The maximum absolute atomic E-state index is 11.6. The van der Waals surface area contributed by atoms with Gasteiger partial charge >= 0.3 is 0 Å². The van der Waals surface area contributed by atoms with Gasteiger partial charge in [-0.15, -0.1) is 0 Å². The minimum absolute atomic E-state index is 0.0671. The van der Waals surface area contributed by atoms with Gasteiger partial charge in [0.25, 0.3) is 0 Å². The summed E-state index contributed by atoms with van der Waals surface area (Å²) in [7, 11) is 4.74. The molecule has 0 saturated heterocycles. The predicted molar refractivity (Wildman–Crippen MR) is 102 cm³/mol. The van der Waals surface area contributed by atoms with Crippen molar-refractivity contribution in [3.05, 3.63) is 41.5 Å². The number of anilines is 1. The third kappa shape index (κ3) is 3.35. The molecule has 1 heterocycles. The van der Waals surface area contributed by atoms with Crippen molar-refractivity contribution in [2.45, 2.75) is 13.3 Å². The molecule has 0 atom stereocenters. The lowest BCUT2D eigenvalue weighted by molar-refractivity contribution is -0.116. The van der Waals surface area contributed by atoms with Crippen LogP contribution in [-0.2, 0) is 11.2 Å². The molecule has 6 nitrogen and oxygen atoms in total. The standard InChI is InChI=1S/C20H22N2O4/c1-13(23)22-8-7-15-11-16(5-6-17(15)22)21-12-14-9-18(24-2)20(26-4)19(10-14)25-3/h5-6,9-12H,7-8H2,1-4H3. The number of ether oxygens (including phenoxy) is 3. The molecule has 1 amide bonds. The van der Waals surface area contributed by atoms with Crippen molar-refractivity contribution in [3.63, 3.8) is 0 Å². The molecule has 2 aromatic rings. The smallest absolute Gasteiger partial charge is 0.223 e. The van der Waals surface area contributed by atoms with Crippen molar-refractivity contribution in [3.8, 4) is 17.2 Å². The number of aliphatic imine (C=N–C) groups is 1. The molecule has 2 aromatic carbocycles. The van der Waals surface area contributed by atoms with Gasteiger partial charge in [-0.2, -0.15) is 0 Å². The van der Waals surface area contributed by atoms with Gasteiger partial charge in [-0.1, -0.05) is 0 Å². The monoisotopic (exact) mass is 354 g/mol. The third-order valence-corrected chi connectivity index (χ3v) is 4.39. The van der Waals surface area contributed by atoms with E-state index in [0.29, 0.717) is 17.2 Å². The highest BCUT2D eigenvalue weighted by atomic mass is 16.5. The molecule has 0 aromatic heterocycles. The third-order valence-electron chi connectivity index (χ3n) is 4.39. The zero-order chi connectivity index (χ0) is 18.7. The molecular formula is C20H22N2O4. The second-order valence-corrected chi connectivity index (χ2v) is 5.95. The highest BCUT2D eigenvalue weighted by Gasteiger charge is 2.22. The van der Waals surface area contributed by atoms with Gasteiger partial charge in [0.15, 0.2) is 11.5 Å². The normalized spacial score (nSPS) is 13.0. The molecule has 3 rings (SSSR count). The second-order valence-electron chi connectivity index (χ2n) is 5.95. The first-order chi connectivity index (χ1) is 12.6. The van der Waals surface area contributed by atoms with Gasteiger partial charge in [0.2, 0.25) is 11.7 Å². The fourth-order valence-electron chi connectivity index (χ4n) is 3.12. The van der Waals surface area contributed by atoms with Crippen LogP contribution in [0.5, 0.6) is 17.2 Å². The van der Waals surface area contributed by atoms with Crippen LogP contribution in [-0.4, -0.2) is 40.0 Å². The number of carbonyl (C=O) groups is 1. The summed E-state index contributed by atoms with van der Waals surface area (Å²) in [6.45, 7) is 2.32. The summed E-state index contributed by atoms with van der Waals surface area (Å²) in [5.41, 5.74) is 3.79. The Kier molecular flexibility index (Phi) is 5.11. The van der Waals surface area contributed by atoms with E-state index < -0.39 is 0 Å². The van der Waals surface area contributed by atoms with Crippen LogP contribution in [0.1, 0.15) is 18.1 Å². The highest BCUT2D eigenvalue weighted by Crippen LogP contribution is 2.38. The van der Waals surface area contributed by atoms with Crippen LogP contribution in [0.4, 0.5) is 11.4 Å². The van der Waals surface area contributed by atoms with E-state index in [1.807, 2.05) is 30.3 Å². The lowest BCUT2D eigenvalue weighted by Gasteiger charge is -2.14. The lowest BCUT2D eigenvalue weighted by atomic mass is 10.1. The number of methoxy groups -OCH3 is 3. The van der Waals surface area contributed by atoms with Crippen molar-refractivity contribution < 1.29 is 19.0 Å². The first kappa shape index (κ1) is 17.8. The SMILES string of the molecule is COc1cc(C=Nc2ccc3c(c2)CCN3C(C)=O)cc(OC)c1OC. The molecular weight excluding hydrogens is 332 g/mol. The van der Waals surface area contributed by atoms with E-state index in [9.17, 15) is 4.79 Å². The molecule has 0 fully saturated rings. The average molecular weight is 354 g/mol. The quantitative estimate of drug-likeness (QED) is 0.773. The number of amides is 1. The number of benzene rings is 2. The number of fused-ring (bicyclic) bond motifs is 1. The molecule has 0 unspecified atom stereocenters.